The summed E-state index contributed by atoms with van der Waals surface area (Å²) in [5.41, 5.74) is 1.63. The molecule has 2 aromatic carbocycles. The van der Waals surface area contributed by atoms with E-state index in [2.05, 4.69) is 5.32 Å². The molecule has 27 heavy (non-hydrogen) atoms. The van der Waals surface area contributed by atoms with Crippen LogP contribution in [0.5, 0.6) is 5.75 Å². The molecule has 1 aliphatic heterocycles. The third-order valence-corrected chi connectivity index (χ3v) is 4.77. The number of likely N-dealkylation sites (N-methyl/N-ethyl adjacent to an activating group) is 1. The maximum absolute atomic E-state index is 13.3. The number of thiocarbonyl (C=S) groups is 1. The van der Waals surface area contributed by atoms with Gasteiger partial charge < -0.3 is 10.1 Å². The number of halogens is 3. The number of hydrogen-bond donors (Lipinski definition) is 1. The third kappa shape index (κ3) is 4.40. The van der Waals surface area contributed by atoms with Crippen LogP contribution in [0, 0.1) is 5.82 Å². The van der Waals surface area contributed by atoms with E-state index in [1.54, 1.807) is 30.3 Å². The van der Waals surface area contributed by atoms with Crippen molar-refractivity contribution in [1.29, 1.82) is 0 Å². The third-order valence-electron chi connectivity index (χ3n) is 3.88. The molecule has 1 aliphatic rings. The summed E-state index contributed by atoms with van der Waals surface area (Å²) < 4.78 is 18.9. The van der Waals surface area contributed by atoms with E-state index in [9.17, 15) is 9.18 Å². The number of benzene rings is 2. The van der Waals surface area contributed by atoms with Crippen molar-refractivity contribution in [2.75, 3.05) is 6.54 Å². The first-order chi connectivity index (χ1) is 12.9. The minimum absolute atomic E-state index is 0.122. The number of carbonyl (C=O) groups excluding carboxylic acids is 1. The lowest BCUT2D eigenvalue weighted by Crippen LogP contribution is -2.30. The van der Waals surface area contributed by atoms with Crippen LogP contribution in [-0.4, -0.2) is 22.5 Å². The number of amides is 1. The fourth-order valence-electron chi connectivity index (χ4n) is 2.61. The van der Waals surface area contributed by atoms with Gasteiger partial charge in [0.25, 0.3) is 5.91 Å². The highest BCUT2D eigenvalue weighted by Crippen LogP contribution is 2.35. The van der Waals surface area contributed by atoms with E-state index in [-0.39, 0.29) is 28.4 Å². The van der Waals surface area contributed by atoms with Gasteiger partial charge in [-0.15, -0.1) is 0 Å². The van der Waals surface area contributed by atoms with Gasteiger partial charge >= 0.3 is 0 Å². The molecule has 0 aromatic heterocycles. The average Bonchev–Trinajstić information content (AvgIpc) is 2.87. The highest BCUT2D eigenvalue weighted by atomic mass is 35.5. The number of rotatable bonds is 5. The largest absolute Gasteiger partial charge is 0.486 e. The van der Waals surface area contributed by atoms with Crippen molar-refractivity contribution in [3.8, 4) is 5.75 Å². The second-order valence-electron chi connectivity index (χ2n) is 5.77. The number of hydrogen-bond acceptors (Lipinski definition) is 3. The molecule has 2 aromatic rings. The zero-order valence-electron chi connectivity index (χ0n) is 14.3. The first-order valence-electron chi connectivity index (χ1n) is 8.10. The first-order valence-corrected chi connectivity index (χ1v) is 9.26. The van der Waals surface area contributed by atoms with Crippen molar-refractivity contribution < 1.29 is 13.9 Å². The summed E-state index contributed by atoms with van der Waals surface area (Å²) in [6, 6.07) is 9.34. The molecule has 0 atom stereocenters. The van der Waals surface area contributed by atoms with E-state index in [1.165, 1.54) is 17.0 Å². The van der Waals surface area contributed by atoms with Gasteiger partial charge in [0.2, 0.25) is 0 Å². The molecule has 0 radical (unpaired) electrons. The minimum Gasteiger partial charge on any atom is -0.486 e. The zero-order valence-corrected chi connectivity index (χ0v) is 16.6. The number of carbonyl (C=O) groups is 1. The van der Waals surface area contributed by atoms with Crippen molar-refractivity contribution in [2.45, 2.75) is 13.5 Å². The van der Waals surface area contributed by atoms with Crippen LogP contribution < -0.4 is 10.1 Å². The lowest BCUT2D eigenvalue weighted by Gasteiger charge is -2.11. The SMILES string of the molecule is CCN1C(=O)/C(=C/c2cc(Cl)c(OCc3cccc(F)c3)c(Cl)c2)NC1=S. The molecule has 8 heteroatoms. The Bertz CT molecular complexity index is 926. The minimum atomic E-state index is -0.344. The van der Waals surface area contributed by atoms with Gasteiger partial charge in [0.15, 0.2) is 10.9 Å². The molecule has 1 N–H and O–H groups in total. The quantitative estimate of drug-likeness (QED) is 0.553. The van der Waals surface area contributed by atoms with E-state index in [0.717, 1.165) is 0 Å². The summed E-state index contributed by atoms with van der Waals surface area (Å²) in [5, 5.41) is 3.80. The molecule has 4 nitrogen and oxygen atoms in total. The van der Waals surface area contributed by atoms with Crippen LogP contribution in [0.4, 0.5) is 4.39 Å². The fourth-order valence-corrected chi connectivity index (χ4v) is 3.54. The normalized spacial score (nSPS) is 15.4. The lowest BCUT2D eigenvalue weighted by molar-refractivity contribution is -0.122. The highest BCUT2D eigenvalue weighted by Gasteiger charge is 2.29. The smallest absolute Gasteiger partial charge is 0.276 e. The van der Waals surface area contributed by atoms with Crippen molar-refractivity contribution in [2.24, 2.45) is 0 Å². The van der Waals surface area contributed by atoms with E-state index in [0.29, 0.717) is 34.2 Å². The van der Waals surface area contributed by atoms with Crippen molar-refractivity contribution >= 4 is 52.5 Å². The molecule has 1 saturated heterocycles. The summed E-state index contributed by atoms with van der Waals surface area (Å²) in [5.74, 6) is -0.259. The molecule has 0 spiro atoms. The van der Waals surface area contributed by atoms with Crippen LogP contribution in [0.15, 0.2) is 42.1 Å². The Hall–Kier alpha value is -2.15. The summed E-state index contributed by atoms with van der Waals surface area (Å²) in [7, 11) is 0. The Morgan fingerprint density at radius 1 is 1.26 bits per heavy atom. The Morgan fingerprint density at radius 3 is 2.56 bits per heavy atom. The van der Waals surface area contributed by atoms with Crippen LogP contribution in [0.1, 0.15) is 18.1 Å². The summed E-state index contributed by atoms with van der Waals surface area (Å²) in [6.07, 6.45) is 1.62. The molecule has 140 valence electrons. The second-order valence-corrected chi connectivity index (χ2v) is 6.97. The summed E-state index contributed by atoms with van der Waals surface area (Å²) in [6.45, 7) is 2.45. The van der Waals surface area contributed by atoms with Crippen LogP contribution >= 0.6 is 35.4 Å². The molecule has 0 saturated carbocycles. The lowest BCUT2D eigenvalue weighted by atomic mass is 10.1. The van der Waals surface area contributed by atoms with Crippen LogP contribution in [0.25, 0.3) is 6.08 Å². The van der Waals surface area contributed by atoms with Gasteiger partial charge in [-0.05, 0) is 60.6 Å². The standard InChI is InChI=1S/C19H15Cl2FN2O2S/c1-2-24-18(25)16(23-19(24)27)9-12-7-14(20)17(15(21)8-12)26-10-11-4-3-5-13(22)6-11/h3-9H,2,10H2,1H3,(H,23,27)/b16-9-. The van der Waals surface area contributed by atoms with E-state index >= 15 is 0 Å². The van der Waals surface area contributed by atoms with E-state index in [4.69, 9.17) is 40.2 Å². The van der Waals surface area contributed by atoms with Gasteiger partial charge in [-0.3, -0.25) is 9.69 Å². The number of nitrogens with one attached hydrogen (secondary N) is 1. The maximum atomic E-state index is 13.3. The monoisotopic (exact) mass is 424 g/mol. The average molecular weight is 425 g/mol. The van der Waals surface area contributed by atoms with Crippen molar-refractivity contribution in [3.05, 3.63) is 69.1 Å². The van der Waals surface area contributed by atoms with E-state index in [1.807, 2.05) is 6.92 Å². The number of ether oxygens (including phenoxy) is 1. The molecular formula is C19H15Cl2FN2O2S. The Balaban J connectivity index is 1.80. The van der Waals surface area contributed by atoms with Crippen LogP contribution in [0.2, 0.25) is 10.0 Å². The predicted molar refractivity (Wildman–Crippen MR) is 108 cm³/mol. The van der Waals surface area contributed by atoms with Crippen LogP contribution in [-0.2, 0) is 11.4 Å². The Kier molecular flexibility index (Phi) is 5.99. The van der Waals surface area contributed by atoms with Gasteiger partial charge in [-0.25, -0.2) is 4.39 Å². The van der Waals surface area contributed by atoms with Gasteiger partial charge in [0, 0.05) is 6.54 Å². The first kappa shape index (κ1) is 19.6. The summed E-state index contributed by atoms with van der Waals surface area (Å²) >= 11 is 17.7. The second kappa shape index (κ2) is 8.25. The fraction of sp³-hybridized carbons (Fsp3) is 0.158. The van der Waals surface area contributed by atoms with Gasteiger partial charge in [0.1, 0.15) is 18.1 Å². The molecule has 3 rings (SSSR count). The topological polar surface area (TPSA) is 41.6 Å². The summed E-state index contributed by atoms with van der Waals surface area (Å²) in [4.78, 5) is 13.7. The van der Waals surface area contributed by atoms with Crippen molar-refractivity contribution in [1.82, 2.24) is 10.2 Å². The van der Waals surface area contributed by atoms with Crippen LogP contribution in [0.3, 0.4) is 0 Å². The Morgan fingerprint density at radius 2 is 1.96 bits per heavy atom. The molecule has 0 bridgehead atoms. The van der Waals surface area contributed by atoms with Crippen molar-refractivity contribution in [3.63, 3.8) is 0 Å². The van der Waals surface area contributed by atoms with Gasteiger partial charge in [0.05, 0.1) is 10.0 Å². The Labute approximate surface area is 171 Å². The maximum Gasteiger partial charge on any atom is 0.276 e. The molecule has 0 unspecified atom stereocenters. The zero-order chi connectivity index (χ0) is 19.6. The van der Waals surface area contributed by atoms with Gasteiger partial charge in [-0.2, -0.15) is 0 Å². The molecule has 1 amide bonds. The molecular weight excluding hydrogens is 410 g/mol. The number of nitrogens with zero attached hydrogens (tertiary/aromatic N) is 1. The highest BCUT2D eigenvalue weighted by molar-refractivity contribution is 7.80. The predicted octanol–water partition coefficient (Wildman–Crippen LogP) is 4.79. The van der Waals surface area contributed by atoms with E-state index < -0.39 is 0 Å². The van der Waals surface area contributed by atoms with Gasteiger partial charge in [-0.1, -0.05) is 35.3 Å². The molecule has 1 heterocycles. The molecule has 0 aliphatic carbocycles. The molecule has 1 fully saturated rings.